The van der Waals surface area contributed by atoms with E-state index in [2.05, 4.69) is 4.72 Å². The molecule has 0 saturated carbocycles. The molecule has 0 unspecified atom stereocenters. The number of sulfonamides is 1. The smallest absolute Gasteiger partial charge is 0.240 e. The van der Waals surface area contributed by atoms with E-state index in [9.17, 15) is 8.42 Å². The van der Waals surface area contributed by atoms with E-state index in [4.69, 9.17) is 5.11 Å². The second kappa shape index (κ2) is 7.00. The summed E-state index contributed by atoms with van der Waals surface area (Å²) >= 11 is 1.69. The van der Waals surface area contributed by atoms with Crippen molar-refractivity contribution in [2.24, 2.45) is 0 Å². The van der Waals surface area contributed by atoms with Crippen molar-refractivity contribution in [3.05, 3.63) is 29.8 Å². The Bertz CT molecular complexity index is 429. The highest BCUT2D eigenvalue weighted by molar-refractivity contribution is 7.98. The van der Waals surface area contributed by atoms with Gasteiger partial charge in [-0.1, -0.05) is 12.1 Å². The van der Waals surface area contributed by atoms with Gasteiger partial charge in [-0.15, -0.1) is 0 Å². The third-order valence-corrected chi connectivity index (χ3v) is 4.41. The summed E-state index contributed by atoms with van der Waals surface area (Å²) < 4.78 is 26.2. The van der Waals surface area contributed by atoms with Crippen LogP contribution in [0.2, 0.25) is 0 Å². The first kappa shape index (κ1) is 14.5. The first-order chi connectivity index (χ1) is 8.10. The van der Waals surface area contributed by atoms with Crippen LogP contribution in [0.25, 0.3) is 0 Å². The zero-order chi connectivity index (χ0) is 12.7. The predicted octanol–water partition coefficient (Wildman–Crippen LogP) is 1.21. The zero-order valence-corrected chi connectivity index (χ0v) is 11.4. The molecule has 4 nitrogen and oxygen atoms in total. The highest BCUT2D eigenvalue weighted by Crippen LogP contribution is 2.10. The standard InChI is InChI=1S/C11H17NO3S2/c1-16-8-2-7-12-17(14,15)11-5-3-10(9-13)4-6-11/h3-6,12-13H,2,7-9H2,1H3. The summed E-state index contributed by atoms with van der Waals surface area (Å²) in [5, 5.41) is 8.86. The molecule has 1 aromatic rings. The van der Waals surface area contributed by atoms with Gasteiger partial charge < -0.3 is 5.11 Å². The van der Waals surface area contributed by atoms with Gasteiger partial charge in [0.2, 0.25) is 10.0 Å². The molecule has 0 amide bonds. The molecule has 17 heavy (non-hydrogen) atoms. The highest BCUT2D eigenvalue weighted by Gasteiger charge is 2.12. The van der Waals surface area contributed by atoms with Crippen LogP contribution in [-0.4, -0.2) is 32.1 Å². The lowest BCUT2D eigenvalue weighted by Gasteiger charge is -2.06. The third-order valence-electron chi connectivity index (χ3n) is 2.23. The van der Waals surface area contributed by atoms with Gasteiger partial charge >= 0.3 is 0 Å². The quantitative estimate of drug-likeness (QED) is 0.734. The van der Waals surface area contributed by atoms with Gasteiger partial charge in [0.25, 0.3) is 0 Å². The van der Waals surface area contributed by atoms with Crippen molar-refractivity contribution in [1.82, 2.24) is 4.72 Å². The molecule has 0 saturated heterocycles. The molecule has 0 spiro atoms. The number of hydrogen-bond donors (Lipinski definition) is 2. The van der Waals surface area contributed by atoms with Crippen molar-refractivity contribution in [1.29, 1.82) is 0 Å². The average Bonchev–Trinajstić information content (AvgIpc) is 2.35. The number of rotatable bonds is 7. The van der Waals surface area contributed by atoms with Crippen LogP contribution in [-0.2, 0) is 16.6 Å². The van der Waals surface area contributed by atoms with E-state index in [1.807, 2.05) is 6.26 Å². The van der Waals surface area contributed by atoms with E-state index in [1.165, 1.54) is 12.1 Å². The van der Waals surface area contributed by atoms with E-state index >= 15 is 0 Å². The summed E-state index contributed by atoms with van der Waals surface area (Å²) in [7, 11) is -3.41. The van der Waals surface area contributed by atoms with Gasteiger partial charge in [0.05, 0.1) is 11.5 Å². The van der Waals surface area contributed by atoms with Crippen LogP contribution in [0.1, 0.15) is 12.0 Å². The van der Waals surface area contributed by atoms with Crippen molar-refractivity contribution in [3.63, 3.8) is 0 Å². The van der Waals surface area contributed by atoms with E-state index in [1.54, 1.807) is 23.9 Å². The van der Waals surface area contributed by atoms with Gasteiger partial charge in [-0.05, 0) is 36.1 Å². The summed E-state index contributed by atoms with van der Waals surface area (Å²) in [6.45, 7) is 0.367. The number of aliphatic hydroxyl groups excluding tert-OH is 1. The molecule has 2 N–H and O–H groups in total. The molecule has 1 aromatic carbocycles. The Morgan fingerprint density at radius 1 is 1.29 bits per heavy atom. The maximum atomic E-state index is 11.8. The van der Waals surface area contributed by atoms with E-state index in [-0.39, 0.29) is 11.5 Å². The van der Waals surface area contributed by atoms with Crippen molar-refractivity contribution >= 4 is 21.8 Å². The SMILES string of the molecule is CSCCCNS(=O)(=O)c1ccc(CO)cc1. The number of nitrogens with one attached hydrogen (secondary N) is 1. The molecule has 0 aliphatic carbocycles. The predicted molar refractivity (Wildman–Crippen MR) is 70.6 cm³/mol. The van der Waals surface area contributed by atoms with Crippen LogP contribution >= 0.6 is 11.8 Å². The summed E-state index contributed by atoms with van der Waals surface area (Å²) in [5.74, 6) is 0.936. The first-order valence-electron chi connectivity index (χ1n) is 5.28. The van der Waals surface area contributed by atoms with Gasteiger partial charge in [-0.25, -0.2) is 13.1 Å². The molecule has 1 rings (SSSR count). The maximum Gasteiger partial charge on any atom is 0.240 e. The molecule has 0 heterocycles. The number of aliphatic hydroxyl groups is 1. The van der Waals surface area contributed by atoms with Gasteiger partial charge in [0.15, 0.2) is 0 Å². The van der Waals surface area contributed by atoms with Crippen LogP contribution in [0.15, 0.2) is 29.2 Å². The van der Waals surface area contributed by atoms with Crippen LogP contribution in [0.3, 0.4) is 0 Å². The minimum atomic E-state index is -3.41. The number of benzene rings is 1. The molecular weight excluding hydrogens is 258 g/mol. The zero-order valence-electron chi connectivity index (χ0n) is 9.72. The third kappa shape index (κ3) is 4.67. The minimum Gasteiger partial charge on any atom is -0.392 e. The van der Waals surface area contributed by atoms with Crippen LogP contribution in [0, 0.1) is 0 Å². The molecular formula is C11H17NO3S2. The van der Waals surface area contributed by atoms with Gasteiger partial charge in [-0.3, -0.25) is 0 Å². The molecule has 0 aromatic heterocycles. The fraction of sp³-hybridized carbons (Fsp3) is 0.455. The van der Waals surface area contributed by atoms with Crippen molar-refractivity contribution in [2.45, 2.75) is 17.9 Å². The summed E-state index contributed by atoms with van der Waals surface area (Å²) in [5.41, 5.74) is 0.700. The summed E-state index contributed by atoms with van der Waals surface area (Å²) in [4.78, 5) is 0.235. The Morgan fingerprint density at radius 3 is 2.47 bits per heavy atom. The van der Waals surface area contributed by atoms with E-state index in [0.717, 1.165) is 12.2 Å². The Labute approximate surface area is 106 Å². The average molecular weight is 275 g/mol. The Kier molecular flexibility index (Phi) is 5.97. The molecule has 6 heteroatoms. The monoisotopic (exact) mass is 275 g/mol. The lowest BCUT2D eigenvalue weighted by molar-refractivity contribution is 0.282. The molecule has 0 bridgehead atoms. The van der Waals surface area contributed by atoms with Gasteiger partial charge in [0, 0.05) is 6.54 Å². The molecule has 0 atom stereocenters. The summed E-state index contributed by atoms with van der Waals surface area (Å²) in [6.07, 6.45) is 2.80. The van der Waals surface area contributed by atoms with Crippen LogP contribution in [0.5, 0.6) is 0 Å². The van der Waals surface area contributed by atoms with Gasteiger partial charge in [-0.2, -0.15) is 11.8 Å². The largest absolute Gasteiger partial charge is 0.392 e. The Hall–Kier alpha value is -0.560. The van der Waals surface area contributed by atoms with Crippen LogP contribution < -0.4 is 4.72 Å². The molecule has 96 valence electrons. The first-order valence-corrected chi connectivity index (χ1v) is 8.16. The second-order valence-electron chi connectivity index (χ2n) is 3.55. The van der Waals surface area contributed by atoms with Crippen molar-refractivity contribution < 1.29 is 13.5 Å². The fourth-order valence-electron chi connectivity index (χ4n) is 1.28. The van der Waals surface area contributed by atoms with E-state index in [0.29, 0.717) is 12.1 Å². The minimum absolute atomic E-state index is 0.0819. The molecule has 0 fully saturated rings. The normalized spacial score (nSPS) is 11.6. The van der Waals surface area contributed by atoms with Crippen molar-refractivity contribution in [2.75, 3.05) is 18.6 Å². The highest BCUT2D eigenvalue weighted by atomic mass is 32.2. The maximum absolute atomic E-state index is 11.8. The lowest BCUT2D eigenvalue weighted by atomic mass is 10.2. The lowest BCUT2D eigenvalue weighted by Crippen LogP contribution is -2.25. The fourth-order valence-corrected chi connectivity index (χ4v) is 2.79. The van der Waals surface area contributed by atoms with Crippen molar-refractivity contribution in [3.8, 4) is 0 Å². The Morgan fingerprint density at radius 2 is 1.94 bits per heavy atom. The van der Waals surface area contributed by atoms with Gasteiger partial charge in [0.1, 0.15) is 0 Å². The van der Waals surface area contributed by atoms with E-state index < -0.39 is 10.0 Å². The Balaban J connectivity index is 2.62. The summed E-state index contributed by atoms with van der Waals surface area (Å²) in [6, 6.07) is 6.22. The number of hydrogen-bond acceptors (Lipinski definition) is 4. The number of thioether (sulfide) groups is 1. The molecule has 0 aliphatic rings. The molecule has 0 aliphatic heterocycles. The van der Waals surface area contributed by atoms with Crippen LogP contribution in [0.4, 0.5) is 0 Å². The molecule has 0 radical (unpaired) electrons. The second-order valence-corrected chi connectivity index (χ2v) is 6.30. The topological polar surface area (TPSA) is 66.4 Å².